The first kappa shape index (κ1) is 13.8. The minimum absolute atomic E-state index is 0.00236. The minimum atomic E-state index is -0.886. The fourth-order valence-corrected chi connectivity index (χ4v) is 1.44. The van der Waals surface area contributed by atoms with E-state index >= 15 is 0 Å². The molecule has 0 aromatic carbocycles. The Bertz CT molecular complexity index is 315. The van der Waals surface area contributed by atoms with E-state index in [1.165, 1.54) is 0 Å². The number of hydrogen-bond acceptors (Lipinski definition) is 5. The summed E-state index contributed by atoms with van der Waals surface area (Å²) in [6.07, 6.45) is -0.981. The number of carbonyl (C=O) groups excluding carboxylic acids is 2. The predicted molar refractivity (Wildman–Crippen MR) is 61.3 cm³/mol. The lowest BCUT2D eigenvalue weighted by Crippen LogP contribution is -2.48. The molecule has 17 heavy (non-hydrogen) atoms. The highest BCUT2D eigenvalue weighted by Gasteiger charge is 2.41. The molecule has 0 bridgehead atoms. The molecule has 1 heterocycles. The van der Waals surface area contributed by atoms with Crippen molar-refractivity contribution in [1.82, 2.24) is 5.32 Å². The van der Waals surface area contributed by atoms with Crippen molar-refractivity contribution in [2.24, 2.45) is 11.7 Å². The molecule has 0 aromatic rings. The Kier molecular flexibility index (Phi) is 3.98. The molecule has 0 spiro atoms. The van der Waals surface area contributed by atoms with Crippen LogP contribution in [0.25, 0.3) is 0 Å². The summed E-state index contributed by atoms with van der Waals surface area (Å²) < 4.78 is 10.3. The molecule has 0 radical (unpaired) electrons. The number of cyclic esters (lactones) is 1. The monoisotopic (exact) mass is 244 g/mol. The normalized spacial score (nSPS) is 22.0. The van der Waals surface area contributed by atoms with E-state index in [1.807, 2.05) is 13.8 Å². The maximum absolute atomic E-state index is 11.7. The summed E-state index contributed by atoms with van der Waals surface area (Å²) in [6, 6.07) is -0.667. The van der Waals surface area contributed by atoms with Gasteiger partial charge in [-0.2, -0.15) is 0 Å². The van der Waals surface area contributed by atoms with Gasteiger partial charge in [0.1, 0.15) is 11.6 Å². The van der Waals surface area contributed by atoms with Crippen LogP contribution in [-0.2, 0) is 14.3 Å². The van der Waals surface area contributed by atoms with E-state index in [2.05, 4.69) is 5.32 Å². The summed E-state index contributed by atoms with van der Waals surface area (Å²) in [7, 11) is 0. The van der Waals surface area contributed by atoms with Gasteiger partial charge in [0, 0.05) is 0 Å². The number of carbonyl (C=O) groups is 2. The van der Waals surface area contributed by atoms with Crippen LogP contribution in [0.4, 0.5) is 4.79 Å². The third-order valence-electron chi connectivity index (χ3n) is 2.81. The van der Waals surface area contributed by atoms with E-state index in [0.29, 0.717) is 6.54 Å². The van der Waals surface area contributed by atoms with Crippen LogP contribution in [0.5, 0.6) is 0 Å². The molecule has 0 saturated carbocycles. The number of hydrogen-bond donors (Lipinski definition) is 2. The van der Waals surface area contributed by atoms with Gasteiger partial charge < -0.3 is 20.5 Å². The topological polar surface area (TPSA) is 90.7 Å². The molecule has 1 aliphatic rings. The second-order valence-corrected chi connectivity index (χ2v) is 5.07. The summed E-state index contributed by atoms with van der Waals surface area (Å²) in [5.74, 6) is -0.476. The molecular weight excluding hydrogens is 224 g/mol. The van der Waals surface area contributed by atoms with E-state index in [0.717, 1.165) is 0 Å². The molecule has 3 N–H and O–H groups in total. The lowest BCUT2D eigenvalue weighted by Gasteiger charge is -2.30. The molecule has 0 unspecified atom stereocenters. The number of amides is 1. The van der Waals surface area contributed by atoms with Crippen molar-refractivity contribution >= 4 is 12.1 Å². The molecule has 1 fully saturated rings. The molecule has 1 amide bonds. The molecule has 2 atom stereocenters. The van der Waals surface area contributed by atoms with Gasteiger partial charge in [-0.3, -0.25) is 4.79 Å². The molecule has 1 saturated heterocycles. The average molecular weight is 244 g/mol. The second kappa shape index (κ2) is 4.91. The van der Waals surface area contributed by atoms with Crippen molar-refractivity contribution in [2.45, 2.75) is 45.4 Å². The van der Waals surface area contributed by atoms with Gasteiger partial charge in [0.05, 0.1) is 6.54 Å². The molecule has 0 aliphatic carbocycles. The lowest BCUT2D eigenvalue weighted by atomic mass is 10.0. The lowest BCUT2D eigenvalue weighted by molar-refractivity contribution is -0.167. The van der Waals surface area contributed by atoms with Crippen LogP contribution in [0.3, 0.4) is 0 Å². The Morgan fingerprint density at radius 3 is 2.59 bits per heavy atom. The smallest absolute Gasteiger partial charge is 0.407 e. The SMILES string of the molecule is CC(C)[C@H](N)C(=O)OC(C)(C)[C@@H]1CNC(=O)O1. The van der Waals surface area contributed by atoms with Crippen LogP contribution in [-0.4, -0.2) is 36.4 Å². The van der Waals surface area contributed by atoms with E-state index in [1.54, 1.807) is 13.8 Å². The Hall–Kier alpha value is -1.30. The standard InChI is InChI=1S/C11H20N2O4/c1-6(2)8(12)9(14)17-11(3,4)7-5-13-10(15)16-7/h6-8H,5,12H2,1-4H3,(H,13,15)/t7-,8-/m0/s1. The van der Waals surface area contributed by atoms with Crippen molar-refractivity contribution in [3.63, 3.8) is 0 Å². The van der Waals surface area contributed by atoms with Crippen LogP contribution in [0.1, 0.15) is 27.7 Å². The summed E-state index contributed by atoms with van der Waals surface area (Å²) in [6.45, 7) is 7.41. The number of alkyl carbamates (subject to hydrolysis) is 1. The quantitative estimate of drug-likeness (QED) is 0.698. The zero-order valence-electron chi connectivity index (χ0n) is 10.6. The van der Waals surface area contributed by atoms with Gasteiger partial charge in [-0.1, -0.05) is 13.8 Å². The highest BCUT2D eigenvalue weighted by Crippen LogP contribution is 2.22. The van der Waals surface area contributed by atoms with E-state index in [-0.39, 0.29) is 5.92 Å². The van der Waals surface area contributed by atoms with Gasteiger partial charge in [-0.15, -0.1) is 0 Å². The number of nitrogens with one attached hydrogen (secondary N) is 1. The van der Waals surface area contributed by atoms with Crippen molar-refractivity contribution in [3.8, 4) is 0 Å². The molecule has 6 heteroatoms. The molecule has 1 aliphatic heterocycles. The number of ether oxygens (including phenoxy) is 2. The number of nitrogens with two attached hydrogens (primary N) is 1. The van der Waals surface area contributed by atoms with Crippen molar-refractivity contribution in [1.29, 1.82) is 0 Å². The van der Waals surface area contributed by atoms with Gasteiger partial charge in [-0.05, 0) is 19.8 Å². The van der Waals surface area contributed by atoms with Gasteiger partial charge >= 0.3 is 12.1 Å². The molecular formula is C11H20N2O4. The predicted octanol–water partition coefficient (Wildman–Crippen LogP) is 0.400. The third-order valence-corrected chi connectivity index (χ3v) is 2.81. The van der Waals surface area contributed by atoms with Gasteiger partial charge in [0.2, 0.25) is 0 Å². The Labute approximate surface area is 101 Å². The fourth-order valence-electron chi connectivity index (χ4n) is 1.44. The third kappa shape index (κ3) is 3.33. The Morgan fingerprint density at radius 2 is 2.18 bits per heavy atom. The van der Waals surface area contributed by atoms with E-state index in [4.69, 9.17) is 15.2 Å². The first-order valence-electron chi connectivity index (χ1n) is 5.67. The Balaban J connectivity index is 2.60. The summed E-state index contributed by atoms with van der Waals surface area (Å²) in [5.41, 5.74) is 4.81. The molecule has 6 nitrogen and oxygen atoms in total. The maximum atomic E-state index is 11.7. The van der Waals surface area contributed by atoms with E-state index in [9.17, 15) is 9.59 Å². The van der Waals surface area contributed by atoms with E-state index < -0.39 is 29.8 Å². The van der Waals surface area contributed by atoms with Gasteiger partial charge in [0.15, 0.2) is 6.10 Å². The van der Waals surface area contributed by atoms with Crippen LogP contribution in [0.15, 0.2) is 0 Å². The zero-order valence-corrected chi connectivity index (χ0v) is 10.6. The highest BCUT2D eigenvalue weighted by molar-refractivity contribution is 5.76. The number of rotatable bonds is 4. The van der Waals surface area contributed by atoms with Crippen LogP contribution < -0.4 is 11.1 Å². The summed E-state index contributed by atoms with van der Waals surface area (Å²) in [5, 5.41) is 2.52. The van der Waals surface area contributed by atoms with Crippen molar-refractivity contribution in [3.05, 3.63) is 0 Å². The summed E-state index contributed by atoms with van der Waals surface area (Å²) in [4.78, 5) is 22.7. The molecule has 0 aromatic heterocycles. The summed E-state index contributed by atoms with van der Waals surface area (Å²) >= 11 is 0. The zero-order chi connectivity index (χ0) is 13.2. The van der Waals surface area contributed by atoms with Gasteiger partial charge in [0.25, 0.3) is 0 Å². The molecule has 1 rings (SSSR count). The first-order chi connectivity index (χ1) is 7.74. The largest absolute Gasteiger partial charge is 0.454 e. The first-order valence-corrected chi connectivity index (χ1v) is 5.67. The van der Waals surface area contributed by atoms with Crippen LogP contribution in [0.2, 0.25) is 0 Å². The van der Waals surface area contributed by atoms with Crippen LogP contribution in [0, 0.1) is 5.92 Å². The van der Waals surface area contributed by atoms with Gasteiger partial charge in [-0.25, -0.2) is 4.79 Å². The molecule has 98 valence electrons. The maximum Gasteiger partial charge on any atom is 0.407 e. The van der Waals surface area contributed by atoms with Crippen molar-refractivity contribution in [2.75, 3.05) is 6.54 Å². The van der Waals surface area contributed by atoms with Crippen molar-refractivity contribution < 1.29 is 19.1 Å². The highest BCUT2D eigenvalue weighted by atomic mass is 16.6. The second-order valence-electron chi connectivity index (χ2n) is 5.07. The average Bonchev–Trinajstić information content (AvgIpc) is 2.63. The number of esters is 1. The van der Waals surface area contributed by atoms with Crippen LogP contribution >= 0.6 is 0 Å². The minimum Gasteiger partial charge on any atom is -0.454 e. The Morgan fingerprint density at radius 1 is 1.59 bits per heavy atom. The fraction of sp³-hybridized carbons (Fsp3) is 0.818.